The number of amides is 1. The van der Waals surface area contributed by atoms with Crippen LogP contribution in [0.3, 0.4) is 0 Å². The van der Waals surface area contributed by atoms with Crippen LogP contribution in [-0.2, 0) is 4.79 Å². The number of phenols is 1. The topological polar surface area (TPSA) is 92.5 Å². The van der Waals surface area contributed by atoms with Gasteiger partial charge in [0.1, 0.15) is 5.75 Å². The molecular formula is C15H14N2O4S. The fourth-order valence-corrected chi connectivity index (χ4v) is 2.60. The molecule has 1 unspecified atom stereocenters. The summed E-state index contributed by atoms with van der Waals surface area (Å²) in [5, 5.41) is 22.3. The van der Waals surface area contributed by atoms with Crippen LogP contribution in [0.15, 0.2) is 53.4 Å². The third-order valence-corrected chi connectivity index (χ3v) is 3.96. The molecule has 1 atom stereocenters. The molecule has 0 spiro atoms. The highest BCUT2D eigenvalue weighted by Crippen LogP contribution is 2.26. The van der Waals surface area contributed by atoms with Crippen molar-refractivity contribution in [1.82, 2.24) is 0 Å². The number of non-ortho nitro benzene ring substituents is 1. The summed E-state index contributed by atoms with van der Waals surface area (Å²) in [5.41, 5.74) is 0.530. The third-order valence-electron chi connectivity index (χ3n) is 2.84. The highest BCUT2D eigenvalue weighted by molar-refractivity contribution is 8.00. The van der Waals surface area contributed by atoms with Crippen molar-refractivity contribution in [2.45, 2.75) is 17.1 Å². The summed E-state index contributed by atoms with van der Waals surface area (Å²) in [6.07, 6.45) is 0. The van der Waals surface area contributed by atoms with Gasteiger partial charge < -0.3 is 10.4 Å². The molecule has 2 aromatic rings. The highest BCUT2D eigenvalue weighted by Gasteiger charge is 2.15. The number of nitro groups is 1. The number of rotatable bonds is 5. The summed E-state index contributed by atoms with van der Waals surface area (Å²) in [5.74, 6) is -0.137. The van der Waals surface area contributed by atoms with Crippen LogP contribution in [0.5, 0.6) is 5.75 Å². The smallest absolute Gasteiger partial charge is 0.269 e. The lowest BCUT2D eigenvalue weighted by molar-refractivity contribution is -0.384. The number of thioether (sulfide) groups is 1. The number of anilines is 1. The Morgan fingerprint density at radius 1 is 1.27 bits per heavy atom. The van der Waals surface area contributed by atoms with Crippen LogP contribution in [0.2, 0.25) is 0 Å². The van der Waals surface area contributed by atoms with E-state index in [-0.39, 0.29) is 22.6 Å². The molecule has 6 nitrogen and oxygen atoms in total. The molecule has 114 valence electrons. The van der Waals surface area contributed by atoms with E-state index in [1.807, 2.05) is 0 Å². The highest BCUT2D eigenvalue weighted by atomic mass is 32.2. The Kier molecular flexibility index (Phi) is 5.00. The maximum Gasteiger partial charge on any atom is 0.269 e. The van der Waals surface area contributed by atoms with Crippen molar-refractivity contribution in [3.05, 3.63) is 58.6 Å². The van der Waals surface area contributed by atoms with E-state index in [0.29, 0.717) is 5.69 Å². The van der Waals surface area contributed by atoms with Gasteiger partial charge in [-0.1, -0.05) is 6.07 Å². The summed E-state index contributed by atoms with van der Waals surface area (Å²) in [6.45, 7) is 1.74. The number of phenolic OH excluding ortho intramolecular Hbond substituents is 1. The van der Waals surface area contributed by atoms with Crippen molar-refractivity contribution in [2.24, 2.45) is 0 Å². The number of hydrogen-bond acceptors (Lipinski definition) is 5. The summed E-state index contributed by atoms with van der Waals surface area (Å²) in [6, 6.07) is 12.3. The van der Waals surface area contributed by atoms with Gasteiger partial charge in [0, 0.05) is 28.8 Å². The predicted octanol–water partition coefficient (Wildman–Crippen LogP) is 3.42. The molecule has 0 fully saturated rings. The zero-order valence-corrected chi connectivity index (χ0v) is 12.5. The fourth-order valence-electron chi connectivity index (χ4n) is 1.73. The predicted molar refractivity (Wildman–Crippen MR) is 85.2 cm³/mol. The Labute approximate surface area is 131 Å². The first kappa shape index (κ1) is 15.8. The molecule has 22 heavy (non-hydrogen) atoms. The Morgan fingerprint density at radius 2 is 1.95 bits per heavy atom. The zero-order chi connectivity index (χ0) is 16.1. The van der Waals surface area contributed by atoms with Gasteiger partial charge in [-0.3, -0.25) is 14.9 Å². The first-order valence-corrected chi connectivity index (χ1v) is 7.34. The van der Waals surface area contributed by atoms with Gasteiger partial charge in [-0.15, -0.1) is 11.8 Å². The van der Waals surface area contributed by atoms with E-state index in [4.69, 9.17) is 0 Å². The lowest BCUT2D eigenvalue weighted by atomic mass is 10.3. The molecule has 0 heterocycles. The molecule has 0 aliphatic heterocycles. The molecule has 0 aliphatic rings. The first-order valence-electron chi connectivity index (χ1n) is 6.47. The number of carbonyl (C=O) groups is 1. The summed E-state index contributed by atoms with van der Waals surface area (Å²) < 4.78 is 0. The number of nitrogens with zero attached hydrogens (tertiary/aromatic N) is 1. The van der Waals surface area contributed by atoms with E-state index >= 15 is 0 Å². The lowest BCUT2D eigenvalue weighted by Gasteiger charge is -2.12. The maximum atomic E-state index is 12.1. The van der Waals surface area contributed by atoms with Crippen LogP contribution in [-0.4, -0.2) is 21.2 Å². The standard InChI is InChI=1S/C15H14N2O4S/c1-10(15(19)16-11-3-2-4-13(18)9-11)22-14-7-5-12(6-8-14)17(20)21/h2-10,18H,1H3,(H,16,19). The van der Waals surface area contributed by atoms with Gasteiger partial charge in [0.25, 0.3) is 5.69 Å². The van der Waals surface area contributed by atoms with Crippen LogP contribution in [0.25, 0.3) is 0 Å². The van der Waals surface area contributed by atoms with Gasteiger partial charge in [-0.2, -0.15) is 0 Å². The summed E-state index contributed by atoms with van der Waals surface area (Å²) in [7, 11) is 0. The van der Waals surface area contributed by atoms with E-state index in [1.54, 1.807) is 31.2 Å². The Balaban J connectivity index is 1.97. The number of benzene rings is 2. The van der Waals surface area contributed by atoms with E-state index in [1.165, 1.54) is 36.0 Å². The number of aromatic hydroxyl groups is 1. The second-order valence-electron chi connectivity index (χ2n) is 4.55. The van der Waals surface area contributed by atoms with Crippen molar-refractivity contribution in [3.63, 3.8) is 0 Å². The zero-order valence-electron chi connectivity index (χ0n) is 11.7. The minimum Gasteiger partial charge on any atom is -0.508 e. The lowest BCUT2D eigenvalue weighted by Crippen LogP contribution is -2.22. The average Bonchev–Trinajstić information content (AvgIpc) is 2.47. The van der Waals surface area contributed by atoms with Gasteiger partial charge in [-0.25, -0.2) is 0 Å². The monoisotopic (exact) mass is 318 g/mol. The van der Waals surface area contributed by atoms with E-state index in [2.05, 4.69) is 5.32 Å². The molecule has 2 N–H and O–H groups in total. The number of nitro benzene ring substituents is 1. The van der Waals surface area contributed by atoms with Crippen molar-refractivity contribution in [1.29, 1.82) is 0 Å². The van der Waals surface area contributed by atoms with Gasteiger partial charge in [-0.05, 0) is 31.2 Å². The molecular weight excluding hydrogens is 304 g/mol. The van der Waals surface area contributed by atoms with E-state index in [0.717, 1.165) is 4.90 Å². The molecule has 0 saturated heterocycles. The molecule has 0 aromatic heterocycles. The van der Waals surface area contributed by atoms with Crippen molar-refractivity contribution in [2.75, 3.05) is 5.32 Å². The van der Waals surface area contributed by atoms with Gasteiger partial charge in [0.05, 0.1) is 10.2 Å². The molecule has 2 aromatic carbocycles. The fraction of sp³-hybridized carbons (Fsp3) is 0.133. The number of carbonyl (C=O) groups excluding carboxylic acids is 1. The minimum atomic E-state index is -0.466. The Hall–Kier alpha value is -2.54. The minimum absolute atomic E-state index is 0.0150. The van der Waals surface area contributed by atoms with Crippen LogP contribution in [0.4, 0.5) is 11.4 Å². The first-order chi connectivity index (χ1) is 10.5. The molecule has 0 aliphatic carbocycles. The largest absolute Gasteiger partial charge is 0.508 e. The normalized spacial score (nSPS) is 11.7. The van der Waals surface area contributed by atoms with Crippen LogP contribution >= 0.6 is 11.8 Å². The van der Waals surface area contributed by atoms with Crippen LogP contribution < -0.4 is 5.32 Å². The second kappa shape index (κ2) is 6.95. The van der Waals surface area contributed by atoms with Crippen molar-refractivity contribution >= 4 is 29.0 Å². The van der Waals surface area contributed by atoms with E-state index in [9.17, 15) is 20.0 Å². The Morgan fingerprint density at radius 3 is 2.55 bits per heavy atom. The van der Waals surface area contributed by atoms with Crippen molar-refractivity contribution in [3.8, 4) is 5.75 Å². The van der Waals surface area contributed by atoms with Gasteiger partial charge >= 0.3 is 0 Å². The van der Waals surface area contributed by atoms with Crippen molar-refractivity contribution < 1.29 is 14.8 Å². The number of nitrogens with one attached hydrogen (secondary N) is 1. The Bertz CT molecular complexity index is 688. The molecule has 0 bridgehead atoms. The molecule has 1 amide bonds. The number of hydrogen-bond donors (Lipinski definition) is 2. The van der Waals surface area contributed by atoms with Crippen LogP contribution in [0, 0.1) is 10.1 Å². The second-order valence-corrected chi connectivity index (χ2v) is 5.96. The maximum absolute atomic E-state index is 12.1. The molecule has 0 radical (unpaired) electrons. The molecule has 2 rings (SSSR count). The molecule has 7 heteroatoms. The summed E-state index contributed by atoms with van der Waals surface area (Å²) >= 11 is 1.30. The quantitative estimate of drug-likeness (QED) is 0.500. The van der Waals surface area contributed by atoms with Gasteiger partial charge in [0.15, 0.2) is 0 Å². The average molecular weight is 318 g/mol. The van der Waals surface area contributed by atoms with E-state index < -0.39 is 4.92 Å². The third kappa shape index (κ3) is 4.23. The van der Waals surface area contributed by atoms with Crippen LogP contribution in [0.1, 0.15) is 6.92 Å². The molecule has 0 saturated carbocycles. The van der Waals surface area contributed by atoms with Gasteiger partial charge in [0.2, 0.25) is 5.91 Å². The SMILES string of the molecule is CC(Sc1ccc([N+](=O)[O-])cc1)C(=O)Nc1cccc(O)c1. The summed E-state index contributed by atoms with van der Waals surface area (Å²) in [4.78, 5) is 23.0.